The molecule has 0 bridgehead atoms. The number of hydrogen-bond donors (Lipinski definition) is 1. The number of benzene rings is 2. The molecule has 0 amide bonds. The fourth-order valence-corrected chi connectivity index (χ4v) is 2.22. The van der Waals surface area contributed by atoms with Gasteiger partial charge in [-0.2, -0.15) is 0 Å². The second-order valence-corrected chi connectivity index (χ2v) is 4.20. The Bertz CT molecular complexity index is 686. The van der Waals surface area contributed by atoms with Crippen molar-refractivity contribution in [3.63, 3.8) is 0 Å². The highest BCUT2D eigenvalue weighted by atomic mass is 16.3. The lowest BCUT2D eigenvalue weighted by Crippen LogP contribution is -1.92. The van der Waals surface area contributed by atoms with Crippen molar-refractivity contribution < 1.29 is 5.11 Å². The average molecular weight is 235 g/mol. The molecule has 18 heavy (non-hydrogen) atoms. The third-order valence-corrected chi connectivity index (χ3v) is 3.12. The van der Waals surface area contributed by atoms with Crippen LogP contribution in [0, 0.1) is 0 Å². The Morgan fingerprint density at radius 1 is 0.889 bits per heavy atom. The van der Waals surface area contributed by atoms with Gasteiger partial charge in [-0.05, 0) is 17.0 Å². The number of aliphatic hydroxyl groups excluding tert-OH is 1. The summed E-state index contributed by atoms with van der Waals surface area (Å²) in [5, 5.41) is 11.7. The van der Waals surface area contributed by atoms with Crippen molar-refractivity contribution in [2.24, 2.45) is 0 Å². The number of fused-ring (bicyclic) bond motifs is 1. The van der Waals surface area contributed by atoms with Crippen LogP contribution in [0.2, 0.25) is 0 Å². The molecule has 0 aliphatic rings. The summed E-state index contributed by atoms with van der Waals surface area (Å²) in [5.41, 5.74) is 2.83. The average Bonchev–Trinajstić information content (AvgIpc) is 2.46. The van der Waals surface area contributed by atoms with Gasteiger partial charge in [-0.1, -0.05) is 48.5 Å². The summed E-state index contributed by atoms with van der Waals surface area (Å²) in [6.45, 7) is 0.0288. The Labute approximate surface area is 106 Å². The molecule has 0 atom stereocenters. The Morgan fingerprint density at radius 2 is 1.67 bits per heavy atom. The van der Waals surface area contributed by atoms with E-state index in [0.717, 1.165) is 27.6 Å². The van der Waals surface area contributed by atoms with Gasteiger partial charge < -0.3 is 5.11 Å². The molecule has 0 aliphatic carbocycles. The van der Waals surface area contributed by atoms with Crippen LogP contribution in [-0.4, -0.2) is 10.1 Å². The van der Waals surface area contributed by atoms with E-state index in [4.69, 9.17) is 0 Å². The molecule has 1 heterocycles. The monoisotopic (exact) mass is 235 g/mol. The first-order valence-corrected chi connectivity index (χ1v) is 5.93. The standard InChI is InChI=1S/C16H13NO/c18-11-13-6-2-4-8-15(13)16-14-7-3-1-5-12(14)9-10-17-16/h1-10,18H,11H2. The summed E-state index contributed by atoms with van der Waals surface area (Å²) in [7, 11) is 0. The first-order chi connectivity index (χ1) is 8.90. The summed E-state index contributed by atoms with van der Waals surface area (Å²) in [6.07, 6.45) is 1.81. The van der Waals surface area contributed by atoms with Gasteiger partial charge in [0.1, 0.15) is 0 Å². The quantitative estimate of drug-likeness (QED) is 0.738. The molecular formula is C16H13NO. The zero-order chi connectivity index (χ0) is 12.4. The van der Waals surface area contributed by atoms with Crippen LogP contribution in [0.25, 0.3) is 22.0 Å². The van der Waals surface area contributed by atoms with Crippen molar-refractivity contribution in [2.75, 3.05) is 0 Å². The van der Waals surface area contributed by atoms with Crippen molar-refractivity contribution in [1.82, 2.24) is 4.98 Å². The zero-order valence-corrected chi connectivity index (χ0v) is 9.88. The van der Waals surface area contributed by atoms with Gasteiger partial charge in [0.15, 0.2) is 0 Å². The molecule has 3 aromatic rings. The SMILES string of the molecule is OCc1ccccc1-c1nccc2ccccc12. The number of aliphatic hydroxyl groups is 1. The molecular weight excluding hydrogens is 222 g/mol. The van der Waals surface area contributed by atoms with Crippen molar-refractivity contribution in [2.45, 2.75) is 6.61 Å². The molecule has 0 unspecified atom stereocenters. The summed E-state index contributed by atoms with van der Waals surface area (Å²) >= 11 is 0. The van der Waals surface area contributed by atoms with E-state index >= 15 is 0 Å². The topological polar surface area (TPSA) is 33.1 Å². The van der Waals surface area contributed by atoms with Crippen LogP contribution in [0.1, 0.15) is 5.56 Å². The lowest BCUT2D eigenvalue weighted by atomic mass is 10.00. The van der Waals surface area contributed by atoms with Crippen molar-refractivity contribution in [1.29, 1.82) is 0 Å². The van der Waals surface area contributed by atoms with E-state index in [0.29, 0.717) is 0 Å². The molecule has 0 spiro atoms. The van der Waals surface area contributed by atoms with Crippen LogP contribution in [0.4, 0.5) is 0 Å². The van der Waals surface area contributed by atoms with Gasteiger partial charge in [0.25, 0.3) is 0 Å². The predicted octanol–water partition coefficient (Wildman–Crippen LogP) is 3.39. The Kier molecular flexibility index (Phi) is 2.79. The molecule has 0 aliphatic heterocycles. The highest BCUT2D eigenvalue weighted by molar-refractivity contribution is 5.94. The second-order valence-electron chi connectivity index (χ2n) is 4.20. The van der Waals surface area contributed by atoms with E-state index in [1.807, 2.05) is 48.7 Å². The molecule has 0 saturated carbocycles. The minimum absolute atomic E-state index is 0.0288. The third-order valence-electron chi connectivity index (χ3n) is 3.12. The predicted molar refractivity (Wildman–Crippen MR) is 73.1 cm³/mol. The summed E-state index contributed by atoms with van der Waals surface area (Å²) in [5.74, 6) is 0. The highest BCUT2D eigenvalue weighted by Crippen LogP contribution is 2.28. The second kappa shape index (κ2) is 4.59. The van der Waals surface area contributed by atoms with Gasteiger partial charge in [0.2, 0.25) is 0 Å². The lowest BCUT2D eigenvalue weighted by molar-refractivity contribution is 0.282. The normalized spacial score (nSPS) is 10.7. The Hall–Kier alpha value is -2.19. The van der Waals surface area contributed by atoms with Gasteiger partial charge in [-0.25, -0.2) is 0 Å². The first kappa shape index (κ1) is 10.9. The summed E-state index contributed by atoms with van der Waals surface area (Å²) in [6, 6.07) is 18.0. The Balaban J connectivity index is 2.32. The molecule has 2 heteroatoms. The molecule has 0 fully saturated rings. The van der Waals surface area contributed by atoms with Gasteiger partial charge in [-0.3, -0.25) is 4.98 Å². The largest absolute Gasteiger partial charge is 0.392 e. The molecule has 3 rings (SSSR count). The van der Waals surface area contributed by atoms with Crippen LogP contribution >= 0.6 is 0 Å². The van der Waals surface area contributed by atoms with Crippen LogP contribution < -0.4 is 0 Å². The fourth-order valence-electron chi connectivity index (χ4n) is 2.22. The first-order valence-electron chi connectivity index (χ1n) is 5.93. The van der Waals surface area contributed by atoms with E-state index in [9.17, 15) is 5.11 Å². The van der Waals surface area contributed by atoms with Gasteiger partial charge >= 0.3 is 0 Å². The Morgan fingerprint density at radius 3 is 2.56 bits per heavy atom. The molecule has 1 N–H and O–H groups in total. The molecule has 0 radical (unpaired) electrons. The number of rotatable bonds is 2. The molecule has 88 valence electrons. The van der Waals surface area contributed by atoms with Crippen molar-refractivity contribution in [3.8, 4) is 11.3 Å². The molecule has 1 aromatic heterocycles. The van der Waals surface area contributed by atoms with E-state index in [-0.39, 0.29) is 6.61 Å². The van der Waals surface area contributed by atoms with Crippen LogP contribution in [0.15, 0.2) is 60.8 Å². The van der Waals surface area contributed by atoms with Crippen LogP contribution in [0.5, 0.6) is 0 Å². The minimum Gasteiger partial charge on any atom is -0.392 e. The summed E-state index contributed by atoms with van der Waals surface area (Å²) in [4.78, 5) is 4.47. The maximum atomic E-state index is 9.42. The highest BCUT2D eigenvalue weighted by Gasteiger charge is 2.08. The maximum Gasteiger partial charge on any atom is 0.0783 e. The number of hydrogen-bond acceptors (Lipinski definition) is 2. The molecule has 2 aromatic carbocycles. The van der Waals surface area contributed by atoms with Crippen LogP contribution in [-0.2, 0) is 6.61 Å². The smallest absolute Gasteiger partial charge is 0.0783 e. The van der Waals surface area contributed by atoms with Crippen LogP contribution in [0.3, 0.4) is 0 Å². The van der Waals surface area contributed by atoms with Gasteiger partial charge in [0.05, 0.1) is 12.3 Å². The maximum absolute atomic E-state index is 9.42. The minimum atomic E-state index is 0.0288. The number of pyridine rings is 1. The number of aromatic nitrogens is 1. The van der Waals surface area contributed by atoms with E-state index in [1.54, 1.807) is 0 Å². The third kappa shape index (κ3) is 1.77. The van der Waals surface area contributed by atoms with Crippen molar-refractivity contribution in [3.05, 3.63) is 66.4 Å². The number of nitrogens with zero attached hydrogens (tertiary/aromatic N) is 1. The molecule has 2 nitrogen and oxygen atoms in total. The van der Waals surface area contributed by atoms with E-state index in [2.05, 4.69) is 17.1 Å². The van der Waals surface area contributed by atoms with Gasteiger partial charge in [0, 0.05) is 17.1 Å². The van der Waals surface area contributed by atoms with Crippen molar-refractivity contribution >= 4 is 10.8 Å². The van der Waals surface area contributed by atoms with E-state index < -0.39 is 0 Å². The lowest BCUT2D eigenvalue weighted by Gasteiger charge is -2.09. The van der Waals surface area contributed by atoms with Gasteiger partial charge in [-0.15, -0.1) is 0 Å². The summed E-state index contributed by atoms with van der Waals surface area (Å²) < 4.78 is 0. The van der Waals surface area contributed by atoms with E-state index in [1.165, 1.54) is 0 Å². The zero-order valence-electron chi connectivity index (χ0n) is 9.88. The molecule has 0 saturated heterocycles. The fraction of sp³-hybridized carbons (Fsp3) is 0.0625.